The third-order valence-corrected chi connectivity index (χ3v) is 2.61. The van der Waals surface area contributed by atoms with E-state index >= 15 is 0 Å². The Bertz CT molecular complexity index is 164. The summed E-state index contributed by atoms with van der Waals surface area (Å²) in [5, 5.41) is 3.51. The van der Waals surface area contributed by atoms with Crippen LogP contribution < -0.4 is 5.32 Å². The summed E-state index contributed by atoms with van der Waals surface area (Å²) in [6.07, 6.45) is 3.64. The molecule has 1 atom stereocenters. The lowest BCUT2D eigenvalue weighted by atomic mass is 10.1. The fourth-order valence-electron chi connectivity index (χ4n) is 1.40. The zero-order valence-electron chi connectivity index (χ0n) is 10.8. The molecule has 0 saturated heterocycles. The smallest absolute Gasteiger partial charge is 0.0671 e. The molecule has 0 fully saturated rings. The maximum Gasteiger partial charge on any atom is 0.0671 e. The van der Waals surface area contributed by atoms with Crippen LogP contribution >= 0.6 is 0 Å². The van der Waals surface area contributed by atoms with E-state index in [9.17, 15) is 0 Å². The summed E-state index contributed by atoms with van der Waals surface area (Å²) in [5.74, 6) is 0. The van der Waals surface area contributed by atoms with Gasteiger partial charge in [-0.3, -0.25) is 0 Å². The van der Waals surface area contributed by atoms with E-state index in [1.165, 1.54) is 18.4 Å². The quantitative estimate of drug-likeness (QED) is 0.594. The Morgan fingerprint density at radius 1 is 1.33 bits per heavy atom. The second-order valence-electron chi connectivity index (χ2n) is 4.31. The van der Waals surface area contributed by atoms with E-state index in [2.05, 4.69) is 32.7 Å². The van der Waals surface area contributed by atoms with Crippen LogP contribution in [0.5, 0.6) is 0 Å². The van der Waals surface area contributed by atoms with Gasteiger partial charge in [-0.25, -0.2) is 0 Å². The van der Waals surface area contributed by atoms with Gasteiger partial charge in [0.1, 0.15) is 0 Å². The Morgan fingerprint density at radius 3 is 2.40 bits per heavy atom. The zero-order valence-corrected chi connectivity index (χ0v) is 10.8. The second-order valence-corrected chi connectivity index (χ2v) is 4.31. The van der Waals surface area contributed by atoms with Gasteiger partial charge in [-0.15, -0.1) is 6.58 Å². The first kappa shape index (κ1) is 14.7. The van der Waals surface area contributed by atoms with E-state index < -0.39 is 0 Å². The van der Waals surface area contributed by atoms with E-state index in [1.54, 1.807) is 0 Å². The van der Waals surface area contributed by atoms with Crippen LogP contribution in [0.2, 0.25) is 0 Å². The highest BCUT2D eigenvalue weighted by atomic mass is 16.5. The first-order valence-corrected chi connectivity index (χ1v) is 6.09. The summed E-state index contributed by atoms with van der Waals surface area (Å²) in [7, 11) is 0. The standard InChI is InChI=1S/C13H27NO/c1-6-13(7-2)14-10-12(5)15-9-8-11(3)4/h12-14H,3,6-10H2,1-2,4-5H3. The molecule has 0 spiro atoms. The first-order valence-electron chi connectivity index (χ1n) is 6.09. The van der Waals surface area contributed by atoms with E-state index in [4.69, 9.17) is 4.74 Å². The molecule has 0 saturated carbocycles. The average molecular weight is 213 g/mol. The number of ether oxygens (including phenoxy) is 1. The largest absolute Gasteiger partial charge is 0.377 e. The summed E-state index contributed by atoms with van der Waals surface area (Å²) in [6.45, 7) is 14.2. The van der Waals surface area contributed by atoms with E-state index in [1.807, 2.05) is 6.92 Å². The van der Waals surface area contributed by atoms with Crippen LogP contribution in [0.4, 0.5) is 0 Å². The number of hydrogen-bond acceptors (Lipinski definition) is 2. The first-order chi connectivity index (χ1) is 7.10. The van der Waals surface area contributed by atoms with Gasteiger partial charge < -0.3 is 10.1 Å². The predicted molar refractivity (Wildman–Crippen MR) is 67.2 cm³/mol. The molecule has 0 heterocycles. The molecule has 0 radical (unpaired) electrons. The summed E-state index contributed by atoms with van der Waals surface area (Å²) in [6, 6.07) is 0.636. The van der Waals surface area contributed by atoms with E-state index in [0.29, 0.717) is 12.1 Å². The molecule has 0 aliphatic rings. The van der Waals surface area contributed by atoms with Crippen LogP contribution in [0, 0.1) is 0 Å². The lowest BCUT2D eigenvalue weighted by molar-refractivity contribution is 0.0660. The molecule has 2 nitrogen and oxygen atoms in total. The average Bonchev–Trinajstić information content (AvgIpc) is 2.18. The van der Waals surface area contributed by atoms with Crippen molar-refractivity contribution >= 4 is 0 Å². The Morgan fingerprint density at radius 2 is 1.93 bits per heavy atom. The van der Waals surface area contributed by atoms with Gasteiger partial charge in [-0.05, 0) is 33.1 Å². The number of hydrogen-bond donors (Lipinski definition) is 1. The molecule has 1 unspecified atom stereocenters. The van der Waals surface area contributed by atoms with Crippen LogP contribution in [-0.4, -0.2) is 25.3 Å². The predicted octanol–water partition coefficient (Wildman–Crippen LogP) is 3.14. The van der Waals surface area contributed by atoms with Gasteiger partial charge in [0, 0.05) is 12.6 Å². The van der Waals surface area contributed by atoms with Gasteiger partial charge in [0.2, 0.25) is 0 Å². The highest BCUT2D eigenvalue weighted by molar-refractivity contribution is 4.87. The van der Waals surface area contributed by atoms with Crippen molar-refractivity contribution in [3.63, 3.8) is 0 Å². The molecule has 1 N–H and O–H groups in total. The normalized spacial score (nSPS) is 13.1. The minimum atomic E-state index is 0.296. The van der Waals surface area contributed by atoms with E-state index in [0.717, 1.165) is 19.6 Å². The van der Waals surface area contributed by atoms with Crippen LogP contribution in [0.15, 0.2) is 12.2 Å². The van der Waals surface area contributed by atoms with Crippen molar-refractivity contribution in [1.29, 1.82) is 0 Å². The highest BCUT2D eigenvalue weighted by Crippen LogP contribution is 2.00. The lowest BCUT2D eigenvalue weighted by Gasteiger charge is -2.19. The molecule has 90 valence electrons. The van der Waals surface area contributed by atoms with Crippen molar-refractivity contribution in [1.82, 2.24) is 5.32 Å². The maximum absolute atomic E-state index is 5.67. The monoisotopic (exact) mass is 213 g/mol. The summed E-state index contributed by atoms with van der Waals surface area (Å²) in [4.78, 5) is 0. The van der Waals surface area contributed by atoms with Crippen LogP contribution in [0.1, 0.15) is 47.0 Å². The molecule has 15 heavy (non-hydrogen) atoms. The highest BCUT2D eigenvalue weighted by Gasteiger charge is 2.06. The minimum Gasteiger partial charge on any atom is -0.377 e. The molecular formula is C13H27NO. The molecule has 0 aliphatic carbocycles. The van der Waals surface area contributed by atoms with Gasteiger partial charge >= 0.3 is 0 Å². The molecule has 0 amide bonds. The van der Waals surface area contributed by atoms with Gasteiger partial charge in [-0.2, -0.15) is 0 Å². The Kier molecular flexibility index (Phi) is 8.73. The maximum atomic E-state index is 5.67. The number of rotatable bonds is 9. The summed E-state index contributed by atoms with van der Waals surface area (Å²) in [5.41, 5.74) is 1.19. The van der Waals surface area contributed by atoms with Crippen molar-refractivity contribution < 1.29 is 4.74 Å². The van der Waals surface area contributed by atoms with Crippen molar-refractivity contribution in [2.45, 2.75) is 59.1 Å². The van der Waals surface area contributed by atoms with Crippen LogP contribution in [-0.2, 0) is 4.74 Å². The molecule has 0 bridgehead atoms. The fourth-order valence-corrected chi connectivity index (χ4v) is 1.40. The molecule has 0 aromatic rings. The summed E-state index contributed by atoms with van der Waals surface area (Å²) < 4.78 is 5.67. The Labute approximate surface area is 95.1 Å². The molecule has 0 aromatic carbocycles. The summed E-state index contributed by atoms with van der Waals surface area (Å²) >= 11 is 0. The van der Waals surface area contributed by atoms with Crippen molar-refractivity contribution in [2.75, 3.05) is 13.2 Å². The van der Waals surface area contributed by atoms with Crippen LogP contribution in [0.25, 0.3) is 0 Å². The molecule has 0 rings (SSSR count). The number of nitrogens with one attached hydrogen (secondary N) is 1. The lowest BCUT2D eigenvalue weighted by Crippen LogP contribution is -2.34. The fraction of sp³-hybridized carbons (Fsp3) is 0.846. The molecule has 0 aromatic heterocycles. The Hall–Kier alpha value is -0.340. The van der Waals surface area contributed by atoms with Crippen molar-refractivity contribution in [3.05, 3.63) is 12.2 Å². The van der Waals surface area contributed by atoms with Crippen molar-refractivity contribution in [2.24, 2.45) is 0 Å². The third kappa shape index (κ3) is 8.64. The van der Waals surface area contributed by atoms with Crippen LogP contribution in [0.3, 0.4) is 0 Å². The third-order valence-electron chi connectivity index (χ3n) is 2.61. The van der Waals surface area contributed by atoms with Gasteiger partial charge in [0.25, 0.3) is 0 Å². The van der Waals surface area contributed by atoms with Gasteiger partial charge in [-0.1, -0.05) is 19.4 Å². The second kappa shape index (κ2) is 8.93. The zero-order chi connectivity index (χ0) is 11.7. The SMILES string of the molecule is C=C(C)CCOC(C)CNC(CC)CC. The molecule has 0 aliphatic heterocycles. The van der Waals surface area contributed by atoms with Crippen molar-refractivity contribution in [3.8, 4) is 0 Å². The minimum absolute atomic E-state index is 0.296. The van der Waals surface area contributed by atoms with Gasteiger partial charge in [0.05, 0.1) is 12.7 Å². The topological polar surface area (TPSA) is 21.3 Å². The van der Waals surface area contributed by atoms with E-state index in [-0.39, 0.29) is 0 Å². The van der Waals surface area contributed by atoms with Gasteiger partial charge in [0.15, 0.2) is 0 Å². The molecule has 2 heteroatoms. The molecular weight excluding hydrogens is 186 g/mol. The Balaban J connectivity index is 3.47.